The summed E-state index contributed by atoms with van der Waals surface area (Å²) in [5.41, 5.74) is 0.780. The highest BCUT2D eigenvalue weighted by atomic mass is 19.1. The molecule has 1 aromatic carbocycles. The van der Waals surface area contributed by atoms with Crippen molar-refractivity contribution in [3.63, 3.8) is 0 Å². The van der Waals surface area contributed by atoms with Crippen LogP contribution in [0.25, 0.3) is 11.3 Å². The van der Waals surface area contributed by atoms with Gasteiger partial charge in [0.2, 0.25) is 0 Å². The lowest BCUT2D eigenvalue weighted by molar-refractivity contribution is -0.140. The maximum atomic E-state index is 14.4. The van der Waals surface area contributed by atoms with Crippen LogP contribution in [0, 0.1) is 28.4 Å². The number of fused-ring (bicyclic) bond motifs is 5. The molecule has 1 N–H and O–H groups in total. The average molecular weight is 440 g/mol. The summed E-state index contributed by atoms with van der Waals surface area (Å²) in [5.74, 6) is -1.72. The van der Waals surface area contributed by atoms with E-state index in [0.29, 0.717) is 6.54 Å². The molecule has 2 aromatic rings. The number of nitrogens with zero attached hydrogens (tertiary/aromatic N) is 4. The Hall–Kier alpha value is -2.92. The Morgan fingerprint density at radius 1 is 1.34 bits per heavy atom. The second-order valence-corrected chi connectivity index (χ2v) is 9.37. The monoisotopic (exact) mass is 440 g/mol. The zero-order valence-electron chi connectivity index (χ0n) is 18.4. The molecule has 1 amide bonds. The highest BCUT2D eigenvalue weighted by Gasteiger charge is 2.64. The lowest BCUT2D eigenvalue weighted by Crippen LogP contribution is -2.50. The fourth-order valence-electron chi connectivity index (χ4n) is 5.68. The molecule has 6 nitrogen and oxygen atoms in total. The highest BCUT2D eigenvalue weighted by Crippen LogP contribution is 2.67. The van der Waals surface area contributed by atoms with Crippen LogP contribution in [0.5, 0.6) is 0 Å². The number of amides is 1. The number of aliphatic hydroxyl groups excluding tert-OH is 1. The van der Waals surface area contributed by atoms with Gasteiger partial charge in [0.05, 0.1) is 29.4 Å². The predicted octanol–water partition coefficient (Wildman–Crippen LogP) is 3.70. The molecule has 0 saturated heterocycles. The van der Waals surface area contributed by atoms with E-state index in [-0.39, 0.29) is 35.6 Å². The van der Waals surface area contributed by atoms with Gasteiger partial charge in [-0.05, 0) is 54.9 Å². The largest absolute Gasteiger partial charge is 0.384 e. The summed E-state index contributed by atoms with van der Waals surface area (Å²) in [7, 11) is 0. The summed E-state index contributed by atoms with van der Waals surface area (Å²) in [6.45, 7) is 6.16. The van der Waals surface area contributed by atoms with Crippen LogP contribution in [-0.4, -0.2) is 45.3 Å². The molecule has 4 rings (SSSR count). The Bertz CT molecular complexity index is 1090. The third-order valence-electron chi connectivity index (χ3n) is 7.46. The first-order valence-corrected chi connectivity index (χ1v) is 10.8. The predicted molar refractivity (Wildman–Crippen MR) is 113 cm³/mol. The van der Waals surface area contributed by atoms with Gasteiger partial charge < -0.3 is 10.0 Å². The molecule has 8 heteroatoms. The summed E-state index contributed by atoms with van der Waals surface area (Å²) >= 11 is 0. The van der Waals surface area contributed by atoms with Crippen molar-refractivity contribution < 1.29 is 18.7 Å². The molecule has 0 spiro atoms. The third-order valence-corrected chi connectivity index (χ3v) is 7.46. The number of hydrogen-bond acceptors (Lipinski definition) is 5. The summed E-state index contributed by atoms with van der Waals surface area (Å²) in [4.78, 5) is 14.2. The summed E-state index contributed by atoms with van der Waals surface area (Å²) in [6.07, 6.45) is 0.599. The Balaban J connectivity index is 1.79. The lowest BCUT2D eigenvalue weighted by Gasteiger charge is -2.41. The van der Waals surface area contributed by atoms with Crippen molar-refractivity contribution in [3.8, 4) is 17.3 Å². The minimum atomic E-state index is -1.18. The summed E-state index contributed by atoms with van der Waals surface area (Å²) < 4.78 is 28.7. The van der Waals surface area contributed by atoms with Crippen LogP contribution in [-0.2, 0) is 10.2 Å². The van der Waals surface area contributed by atoms with Crippen molar-refractivity contribution in [2.24, 2.45) is 5.41 Å². The van der Waals surface area contributed by atoms with Crippen molar-refractivity contribution in [3.05, 3.63) is 47.2 Å². The normalized spacial score (nSPS) is 23.5. The molecule has 2 bridgehead atoms. The molecule has 0 unspecified atom stereocenters. The zero-order valence-corrected chi connectivity index (χ0v) is 18.4. The number of hydrogen-bond donors (Lipinski definition) is 1. The maximum absolute atomic E-state index is 14.4. The van der Waals surface area contributed by atoms with Gasteiger partial charge >= 0.3 is 0 Å². The zero-order chi connectivity index (χ0) is 23.3. The minimum absolute atomic E-state index is 0.0982. The first-order valence-electron chi connectivity index (χ1n) is 10.8. The van der Waals surface area contributed by atoms with E-state index >= 15 is 0 Å². The summed E-state index contributed by atoms with van der Waals surface area (Å²) in [5, 5.41) is 27.6. The number of nitriles is 1. The minimum Gasteiger partial charge on any atom is -0.384 e. The van der Waals surface area contributed by atoms with E-state index in [9.17, 15) is 18.7 Å². The molecule has 3 atom stereocenters. The average Bonchev–Trinajstić information content (AvgIpc) is 3.10. The van der Waals surface area contributed by atoms with E-state index in [0.717, 1.165) is 24.1 Å². The fourth-order valence-corrected chi connectivity index (χ4v) is 5.68. The molecule has 1 heterocycles. The van der Waals surface area contributed by atoms with Crippen molar-refractivity contribution in [2.75, 3.05) is 13.1 Å². The van der Waals surface area contributed by atoms with Crippen LogP contribution in [0.1, 0.15) is 57.2 Å². The van der Waals surface area contributed by atoms with E-state index in [1.807, 2.05) is 0 Å². The van der Waals surface area contributed by atoms with E-state index in [1.165, 1.54) is 25.1 Å². The standard InChI is InChI=1S/C24H26F2N4O2/c1-14(31)22(32)30(11-5-10-27)13-24-9-8-16(23(24,2)3)15-12-19(28-29-21(15)24)20-17(25)6-4-7-18(20)26/h4,6-7,12,14,16,31H,5,8-9,11,13H2,1-3H3/t14-,16-,24-/m0/s1. The number of rotatable bonds is 6. The Morgan fingerprint density at radius 2 is 2.03 bits per heavy atom. The SMILES string of the molecule is C[C@H](O)C(=O)N(CCC#N)C[C@@]12CC[C@@H](c3cc(-c4c(F)cccc4F)nnc31)C2(C)C. The second-order valence-electron chi connectivity index (χ2n) is 9.37. The number of carbonyl (C=O) groups excluding carboxylic acids is 1. The topological polar surface area (TPSA) is 90.1 Å². The van der Waals surface area contributed by atoms with Crippen molar-refractivity contribution in [1.82, 2.24) is 15.1 Å². The molecular weight excluding hydrogens is 414 g/mol. The first-order chi connectivity index (χ1) is 15.1. The van der Waals surface area contributed by atoms with Crippen LogP contribution in [0.4, 0.5) is 8.78 Å². The van der Waals surface area contributed by atoms with Crippen molar-refractivity contribution >= 4 is 5.91 Å². The van der Waals surface area contributed by atoms with Gasteiger partial charge in [-0.3, -0.25) is 4.79 Å². The van der Waals surface area contributed by atoms with Crippen molar-refractivity contribution in [2.45, 2.75) is 57.5 Å². The molecule has 1 saturated carbocycles. The molecule has 1 aromatic heterocycles. The third kappa shape index (κ3) is 3.18. The molecule has 0 aliphatic heterocycles. The van der Waals surface area contributed by atoms with Crippen LogP contribution in [0.2, 0.25) is 0 Å². The van der Waals surface area contributed by atoms with Crippen LogP contribution in [0.3, 0.4) is 0 Å². The van der Waals surface area contributed by atoms with Crippen LogP contribution >= 0.6 is 0 Å². The van der Waals surface area contributed by atoms with E-state index in [4.69, 9.17) is 5.26 Å². The number of halogens is 2. The van der Waals surface area contributed by atoms with Crippen molar-refractivity contribution in [1.29, 1.82) is 5.26 Å². The highest BCUT2D eigenvalue weighted by molar-refractivity contribution is 5.80. The van der Waals surface area contributed by atoms with Gasteiger partial charge in [-0.15, -0.1) is 0 Å². The quantitative estimate of drug-likeness (QED) is 0.740. The van der Waals surface area contributed by atoms with Gasteiger partial charge in [-0.25, -0.2) is 8.78 Å². The molecular formula is C24H26F2N4O2. The maximum Gasteiger partial charge on any atom is 0.251 e. The van der Waals surface area contributed by atoms with E-state index < -0.39 is 29.1 Å². The van der Waals surface area contributed by atoms with Gasteiger partial charge in [0.15, 0.2) is 0 Å². The van der Waals surface area contributed by atoms with Crippen LogP contribution < -0.4 is 0 Å². The van der Waals surface area contributed by atoms with E-state index in [1.54, 1.807) is 11.0 Å². The number of benzene rings is 1. The molecule has 0 radical (unpaired) electrons. The molecule has 2 aliphatic carbocycles. The van der Waals surface area contributed by atoms with Gasteiger partial charge in [0.1, 0.15) is 17.7 Å². The van der Waals surface area contributed by atoms with Gasteiger partial charge in [0, 0.05) is 18.5 Å². The smallest absolute Gasteiger partial charge is 0.251 e. The molecule has 2 aliphatic rings. The lowest BCUT2D eigenvalue weighted by atomic mass is 9.68. The Kier molecular flexibility index (Phi) is 5.49. The van der Waals surface area contributed by atoms with Crippen LogP contribution in [0.15, 0.2) is 24.3 Å². The number of aliphatic hydroxyl groups is 1. The Morgan fingerprint density at radius 3 is 2.66 bits per heavy atom. The molecule has 32 heavy (non-hydrogen) atoms. The summed E-state index contributed by atoms with van der Waals surface area (Å²) in [6, 6.07) is 7.49. The Labute approximate surface area is 185 Å². The molecule has 168 valence electrons. The first kappa shape index (κ1) is 22.3. The molecule has 1 fully saturated rings. The fraction of sp³-hybridized carbons (Fsp3) is 0.500. The van der Waals surface area contributed by atoms with E-state index in [2.05, 4.69) is 30.1 Å². The second kappa shape index (κ2) is 7.89. The van der Waals surface area contributed by atoms with Gasteiger partial charge in [-0.2, -0.15) is 15.5 Å². The van der Waals surface area contributed by atoms with Gasteiger partial charge in [-0.1, -0.05) is 19.9 Å². The van der Waals surface area contributed by atoms with Gasteiger partial charge in [0.25, 0.3) is 5.91 Å². The number of carbonyl (C=O) groups is 1. The number of aromatic nitrogens is 2.